The lowest BCUT2D eigenvalue weighted by Gasteiger charge is -2.36. The number of halogens is 2. The number of anilines is 1. The minimum absolute atomic E-state index is 0.0912. The summed E-state index contributed by atoms with van der Waals surface area (Å²) in [6, 6.07) is 11.5. The number of piperazine rings is 1. The summed E-state index contributed by atoms with van der Waals surface area (Å²) in [5.41, 5.74) is 1.40. The molecule has 0 aliphatic carbocycles. The van der Waals surface area contributed by atoms with E-state index in [0.717, 1.165) is 43.8 Å². The van der Waals surface area contributed by atoms with Gasteiger partial charge in [0.2, 0.25) is 0 Å². The Kier molecular flexibility index (Phi) is 6.60. The topological polar surface area (TPSA) is 61.7 Å². The van der Waals surface area contributed by atoms with E-state index in [9.17, 15) is 14.5 Å². The monoisotopic (exact) mass is 392 g/mol. The molecular weight excluding hydrogens is 371 g/mol. The van der Waals surface area contributed by atoms with E-state index in [1.807, 2.05) is 24.3 Å². The van der Waals surface area contributed by atoms with Gasteiger partial charge in [0, 0.05) is 74.2 Å². The van der Waals surface area contributed by atoms with E-state index in [1.165, 1.54) is 17.8 Å². The third-order valence-electron chi connectivity index (χ3n) is 4.72. The van der Waals surface area contributed by atoms with Crippen molar-refractivity contribution < 1.29 is 9.31 Å². The van der Waals surface area contributed by atoms with E-state index >= 15 is 0 Å². The minimum Gasteiger partial charge on any atom is -0.369 e. The van der Waals surface area contributed by atoms with Gasteiger partial charge in [-0.15, -0.1) is 0 Å². The summed E-state index contributed by atoms with van der Waals surface area (Å²) in [6.45, 7) is 5.62. The second-order valence-electron chi connectivity index (χ2n) is 6.51. The van der Waals surface area contributed by atoms with E-state index in [-0.39, 0.29) is 12.2 Å². The van der Waals surface area contributed by atoms with Crippen molar-refractivity contribution >= 4 is 23.0 Å². The summed E-state index contributed by atoms with van der Waals surface area (Å²) >= 11 is 5.93. The Bertz CT molecular complexity index is 780. The molecule has 0 unspecified atom stereocenters. The summed E-state index contributed by atoms with van der Waals surface area (Å²) in [4.78, 5) is 15.0. The van der Waals surface area contributed by atoms with Crippen molar-refractivity contribution in [1.82, 2.24) is 10.2 Å². The highest BCUT2D eigenvalue weighted by Gasteiger charge is 2.17. The molecule has 1 heterocycles. The molecule has 0 amide bonds. The molecule has 1 aliphatic heterocycles. The number of nitro groups is 1. The lowest BCUT2D eigenvalue weighted by Crippen LogP contribution is -2.48. The van der Waals surface area contributed by atoms with Crippen molar-refractivity contribution in [3.8, 4) is 0 Å². The van der Waals surface area contributed by atoms with Crippen LogP contribution in [0.5, 0.6) is 0 Å². The lowest BCUT2D eigenvalue weighted by molar-refractivity contribution is -0.385. The first-order valence-corrected chi connectivity index (χ1v) is 9.27. The number of nitrogens with one attached hydrogen (secondary N) is 1. The zero-order valence-corrected chi connectivity index (χ0v) is 15.7. The number of non-ortho nitro benzene ring substituents is 1. The van der Waals surface area contributed by atoms with Gasteiger partial charge in [-0.2, -0.15) is 0 Å². The van der Waals surface area contributed by atoms with E-state index in [0.29, 0.717) is 12.1 Å². The largest absolute Gasteiger partial charge is 0.369 e. The molecule has 1 fully saturated rings. The fourth-order valence-corrected chi connectivity index (χ4v) is 3.28. The molecule has 6 nitrogen and oxygen atoms in total. The average molecular weight is 393 g/mol. The van der Waals surface area contributed by atoms with Crippen molar-refractivity contribution in [2.45, 2.75) is 6.54 Å². The number of nitrogens with zero attached hydrogens (tertiary/aromatic N) is 3. The second kappa shape index (κ2) is 9.12. The molecule has 0 bridgehead atoms. The SMILES string of the molecule is O=[N+]([O-])c1ccc(F)c(CNCCN2CCN(c3ccc(Cl)cc3)CC2)c1. The van der Waals surface area contributed by atoms with Gasteiger partial charge in [-0.05, 0) is 30.3 Å². The van der Waals surface area contributed by atoms with Gasteiger partial charge in [0.15, 0.2) is 0 Å². The van der Waals surface area contributed by atoms with Crippen LogP contribution in [0.4, 0.5) is 15.8 Å². The van der Waals surface area contributed by atoms with Crippen LogP contribution in [0.1, 0.15) is 5.56 Å². The molecule has 27 heavy (non-hydrogen) atoms. The fraction of sp³-hybridized carbons (Fsp3) is 0.368. The molecule has 1 aliphatic rings. The van der Waals surface area contributed by atoms with Gasteiger partial charge in [-0.1, -0.05) is 11.6 Å². The van der Waals surface area contributed by atoms with Crippen LogP contribution < -0.4 is 10.2 Å². The molecule has 0 radical (unpaired) electrons. The van der Waals surface area contributed by atoms with Crippen molar-refractivity contribution in [2.24, 2.45) is 0 Å². The Hall–Kier alpha value is -2.22. The van der Waals surface area contributed by atoms with Crippen LogP contribution in [0.3, 0.4) is 0 Å². The van der Waals surface area contributed by atoms with Crippen molar-refractivity contribution in [3.63, 3.8) is 0 Å². The first-order chi connectivity index (χ1) is 13.0. The molecule has 2 aromatic carbocycles. The zero-order chi connectivity index (χ0) is 19.2. The van der Waals surface area contributed by atoms with Crippen molar-refractivity contribution in [2.75, 3.05) is 44.2 Å². The summed E-state index contributed by atoms with van der Waals surface area (Å²) in [7, 11) is 0. The highest BCUT2D eigenvalue weighted by molar-refractivity contribution is 6.30. The number of hydrogen-bond acceptors (Lipinski definition) is 5. The summed E-state index contributed by atoms with van der Waals surface area (Å²) in [5.74, 6) is -0.426. The van der Waals surface area contributed by atoms with Crippen LogP contribution in [0.15, 0.2) is 42.5 Å². The molecular formula is C19H22ClFN4O2. The molecule has 3 rings (SSSR count). The molecule has 0 spiro atoms. The van der Waals surface area contributed by atoms with Crippen LogP contribution in [0.25, 0.3) is 0 Å². The number of hydrogen-bond donors (Lipinski definition) is 1. The Morgan fingerprint density at radius 2 is 1.81 bits per heavy atom. The molecule has 0 saturated carbocycles. The van der Waals surface area contributed by atoms with E-state index in [4.69, 9.17) is 11.6 Å². The Labute approximate surface area is 162 Å². The first kappa shape index (κ1) is 19.5. The second-order valence-corrected chi connectivity index (χ2v) is 6.95. The number of nitro benzene ring substituents is 1. The summed E-state index contributed by atoms with van der Waals surface area (Å²) in [6.07, 6.45) is 0. The normalized spacial score (nSPS) is 15.1. The van der Waals surface area contributed by atoms with Gasteiger partial charge in [0.05, 0.1) is 4.92 Å². The Morgan fingerprint density at radius 1 is 1.11 bits per heavy atom. The predicted molar refractivity (Wildman–Crippen MR) is 105 cm³/mol. The number of benzene rings is 2. The molecule has 0 aromatic heterocycles. The van der Waals surface area contributed by atoms with Crippen molar-refractivity contribution in [3.05, 3.63) is 69.0 Å². The standard InChI is InChI=1S/C19H22ClFN4O2/c20-16-1-3-17(4-2-16)24-11-9-23(10-12-24)8-7-22-14-15-13-18(25(26)27)5-6-19(15)21/h1-6,13,22H,7-12,14H2. The van der Waals surface area contributed by atoms with E-state index in [1.54, 1.807) is 0 Å². The zero-order valence-electron chi connectivity index (χ0n) is 14.9. The van der Waals surface area contributed by atoms with Gasteiger partial charge in [0.25, 0.3) is 5.69 Å². The van der Waals surface area contributed by atoms with E-state index in [2.05, 4.69) is 15.1 Å². The smallest absolute Gasteiger partial charge is 0.269 e. The van der Waals surface area contributed by atoms with Gasteiger partial charge >= 0.3 is 0 Å². The quantitative estimate of drug-likeness (QED) is 0.445. The Morgan fingerprint density at radius 3 is 2.48 bits per heavy atom. The molecule has 1 N–H and O–H groups in total. The van der Waals surface area contributed by atoms with Crippen LogP contribution in [0, 0.1) is 15.9 Å². The Balaban J connectivity index is 1.40. The maximum absolute atomic E-state index is 13.8. The highest BCUT2D eigenvalue weighted by Crippen LogP contribution is 2.19. The van der Waals surface area contributed by atoms with Gasteiger partial charge < -0.3 is 10.2 Å². The van der Waals surface area contributed by atoms with Crippen LogP contribution >= 0.6 is 11.6 Å². The van der Waals surface area contributed by atoms with Gasteiger partial charge in [0.1, 0.15) is 5.82 Å². The minimum atomic E-state index is -0.511. The average Bonchev–Trinajstić information content (AvgIpc) is 2.67. The number of rotatable bonds is 7. The van der Waals surface area contributed by atoms with Gasteiger partial charge in [-0.25, -0.2) is 4.39 Å². The van der Waals surface area contributed by atoms with E-state index < -0.39 is 10.7 Å². The van der Waals surface area contributed by atoms with Crippen LogP contribution in [-0.2, 0) is 6.54 Å². The third-order valence-corrected chi connectivity index (χ3v) is 4.98. The third kappa shape index (κ3) is 5.38. The highest BCUT2D eigenvalue weighted by atomic mass is 35.5. The molecule has 2 aromatic rings. The maximum Gasteiger partial charge on any atom is 0.269 e. The fourth-order valence-electron chi connectivity index (χ4n) is 3.15. The van der Waals surface area contributed by atoms with Crippen LogP contribution in [0.2, 0.25) is 5.02 Å². The predicted octanol–water partition coefficient (Wildman–Crippen LogP) is 3.30. The molecule has 8 heteroatoms. The molecule has 1 saturated heterocycles. The lowest BCUT2D eigenvalue weighted by atomic mass is 10.2. The first-order valence-electron chi connectivity index (χ1n) is 8.89. The van der Waals surface area contributed by atoms with Crippen molar-refractivity contribution in [1.29, 1.82) is 0 Å². The maximum atomic E-state index is 13.8. The van der Waals surface area contributed by atoms with Gasteiger partial charge in [-0.3, -0.25) is 15.0 Å². The molecule has 144 valence electrons. The summed E-state index contributed by atoms with van der Waals surface area (Å²) < 4.78 is 13.8. The molecule has 0 atom stereocenters. The summed E-state index contributed by atoms with van der Waals surface area (Å²) in [5, 5.41) is 14.7. The van der Waals surface area contributed by atoms with Crippen LogP contribution in [-0.4, -0.2) is 49.1 Å².